The zero-order chi connectivity index (χ0) is 17.4. The molecule has 0 aliphatic rings. The van der Waals surface area contributed by atoms with E-state index in [0.29, 0.717) is 0 Å². The maximum absolute atomic E-state index is 11.8. The Bertz CT molecular complexity index is 616. The summed E-state index contributed by atoms with van der Waals surface area (Å²) in [6.07, 6.45) is -0.0397. The number of non-ortho nitro benzene ring substituents is 1. The summed E-state index contributed by atoms with van der Waals surface area (Å²) in [7, 11) is 1.21. The van der Waals surface area contributed by atoms with Crippen LogP contribution < -0.4 is 10.6 Å². The second-order valence-electron chi connectivity index (χ2n) is 4.63. The summed E-state index contributed by atoms with van der Waals surface area (Å²) in [6, 6.07) is 4.48. The minimum absolute atomic E-state index is 0.0290. The highest BCUT2D eigenvalue weighted by Crippen LogP contribution is 2.12. The smallest absolute Gasteiger partial charge is 0.328 e. The highest BCUT2D eigenvalue weighted by Gasteiger charge is 2.16. The van der Waals surface area contributed by atoms with Crippen molar-refractivity contribution in [1.82, 2.24) is 10.6 Å². The van der Waals surface area contributed by atoms with Crippen LogP contribution in [0.4, 0.5) is 5.69 Å². The van der Waals surface area contributed by atoms with E-state index in [1.165, 1.54) is 32.2 Å². The van der Waals surface area contributed by atoms with Crippen LogP contribution in [0.3, 0.4) is 0 Å². The molecule has 1 aromatic rings. The van der Waals surface area contributed by atoms with Gasteiger partial charge in [-0.1, -0.05) is 6.07 Å². The van der Waals surface area contributed by atoms with Crippen molar-refractivity contribution >= 4 is 23.5 Å². The first-order valence-corrected chi connectivity index (χ1v) is 6.75. The second kappa shape index (κ2) is 8.47. The van der Waals surface area contributed by atoms with Crippen molar-refractivity contribution in [3.63, 3.8) is 0 Å². The molecule has 0 bridgehead atoms. The lowest BCUT2D eigenvalue weighted by atomic mass is 10.2. The molecular weight excluding hydrogens is 306 g/mol. The molecule has 124 valence electrons. The molecule has 0 aliphatic carbocycles. The summed E-state index contributed by atoms with van der Waals surface area (Å²) in [5.74, 6) is -1.52. The molecule has 1 unspecified atom stereocenters. The van der Waals surface area contributed by atoms with Crippen LogP contribution in [0, 0.1) is 10.1 Å². The molecule has 0 saturated heterocycles. The van der Waals surface area contributed by atoms with Crippen molar-refractivity contribution in [3.05, 3.63) is 39.9 Å². The lowest BCUT2D eigenvalue weighted by Gasteiger charge is -2.11. The Morgan fingerprint density at radius 2 is 2.04 bits per heavy atom. The summed E-state index contributed by atoms with van der Waals surface area (Å²) >= 11 is 0. The van der Waals surface area contributed by atoms with Crippen molar-refractivity contribution in [3.8, 4) is 0 Å². The molecule has 0 radical (unpaired) electrons. The normalized spacial score (nSPS) is 11.2. The first kappa shape index (κ1) is 18.1. The van der Waals surface area contributed by atoms with E-state index in [1.54, 1.807) is 0 Å². The quantitative estimate of drug-likeness (QED) is 0.424. The molecule has 9 heteroatoms. The number of esters is 1. The molecule has 23 heavy (non-hydrogen) atoms. The fourth-order valence-corrected chi connectivity index (χ4v) is 1.70. The number of methoxy groups -OCH3 is 1. The molecule has 2 N–H and O–H groups in total. The lowest BCUT2D eigenvalue weighted by Crippen LogP contribution is -2.40. The van der Waals surface area contributed by atoms with Crippen LogP contribution in [0.2, 0.25) is 0 Å². The predicted molar refractivity (Wildman–Crippen MR) is 79.7 cm³/mol. The van der Waals surface area contributed by atoms with Gasteiger partial charge in [0.05, 0.1) is 12.0 Å². The fraction of sp³-hybridized carbons (Fsp3) is 0.357. The molecule has 0 saturated carbocycles. The van der Waals surface area contributed by atoms with Crippen LogP contribution in [0.25, 0.3) is 0 Å². The number of carbonyl (C=O) groups is 3. The van der Waals surface area contributed by atoms with Crippen LogP contribution in [0.5, 0.6) is 0 Å². The average Bonchev–Trinajstić information content (AvgIpc) is 2.53. The third-order valence-corrected chi connectivity index (χ3v) is 2.89. The minimum atomic E-state index is -0.778. The predicted octanol–water partition coefficient (Wildman–Crippen LogP) is 0.392. The number of benzene rings is 1. The summed E-state index contributed by atoms with van der Waals surface area (Å²) < 4.78 is 4.47. The molecule has 0 heterocycles. The molecule has 0 spiro atoms. The largest absolute Gasteiger partial charge is 0.467 e. The van der Waals surface area contributed by atoms with E-state index in [9.17, 15) is 24.5 Å². The Hall–Kier alpha value is -2.97. The minimum Gasteiger partial charge on any atom is -0.467 e. The van der Waals surface area contributed by atoms with Gasteiger partial charge in [0.15, 0.2) is 0 Å². The van der Waals surface area contributed by atoms with Crippen molar-refractivity contribution < 1.29 is 24.0 Å². The van der Waals surface area contributed by atoms with E-state index >= 15 is 0 Å². The fourth-order valence-electron chi connectivity index (χ4n) is 1.70. The number of nitrogens with one attached hydrogen (secondary N) is 2. The zero-order valence-electron chi connectivity index (χ0n) is 12.7. The molecule has 9 nitrogen and oxygen atoms in total. The van der Waals surface area contributed by atoms with Gasteiger partial charge in [-0.3, -0.25) is 19.7 Å². The first-order valence-electron chi connectivity index (χ1n) is 6.75. The number of rotatable bonds is 7. The molecule has 0 aliphatic heterocycles. The number of hydrogen-bond acceptors (Lipinski definition) is 6. The van der Waals surface area contributed by atoms with Gasteiger partial charge < -0.3 is 15.4 Å². The maximum Gasteiger partial charge on any atom is 0.328 e. The van der Waals surface area contributed by atoms with Gasteiger partial charge in [-0.05, 0) is 13.0 Å². The van der Waals surface area contributed by atoms with E-state index in [2.05, 4.69) is 15.4 Å². The van der Waals surface area contributed by atoms with Gasteiger partial charge in [0.25, 0.3) is 11.6 Å². The van der Waals surface area contributed by atoms with Crippen LogP contribution in [0.15, 0.2) is 24.3 Å². The Labute approximate surface area is 132 Å². The lowest BCUT2D eigenvalue weighted by molar-refractivity contribution is -0.384. The van der Waals surface area contributed by atoms with E-state index in [0.717, 1.165) is 6.07 Å². The Morgan fingerprint density at radius 1 is 1.35 bits per heavy atom. The number of nitrogens with zero attached hydrogens (tertiary/aromatic N) is 1. The Morgan fingerprint density at radius 3 is 2.65 bits per heavy atom. The van der Waals surface area contributed by atoms with Crippen LogP contribution in [-0.2, 0) is 14.3 Å². The number of nitro groups is 1. The van der Waals surface area contributed by atoms with Gasteiger partial charge in [0.1, 0.15) is 6.04 Å². The molecule has 0 aromatic heterocycles. The zero-order valence-corrected chi connectivity index (χ0v) is 12.7. The van der Waals surface area contributed by atoms with E-state index in [-0.39, 0.29) is 24.2 Å². The molecule has 2 amide bonds. The molecule has 1 aromatic carbocycles. The van der Waals surface area contributed by atoms with E-state index < -0.39 is 28.7 Å². The molecule has 1 atom stereocenters. The van der Waals surface area contributed by atoms with Crippen molar-refractivity contribution in [2.75, 3.05) is 13.7 Å². The number of ether oxygens (including phenoxy) is 1. The maximum atomic E-state index is 11.8. The summed E-state index contributed by atoms with van der Waals surface area (Å²) in [5, 5.41) is 15.5. The van der Waals surface area contributed by atoms with Crippen LogP contribution in [0.1, 0.15) is 23.7 Å². The molecular formula is C14H17N3O6. The van der Waals surface area contributed by atoms with Gasteiger partial charge in [0.2, 0.25) is 5.91 Å². The monoisotopic (exact) mass is 323 g/mol. The number of hydrogen-bond donors (Lipinski definition) is 2. The standard InChI is InChI=1S/C14H17N3O6/c1-9(14(20)23-2)16-12(18)6-7-15-13(19)10-4-3-5-11(8-10)17(21)22/h3-5,8-9H,6-7H2,1-2H3,(H,15,19)(H,16,18). The first-order chi connectivity index (χ1) is 10.8. The van der Waals surface area contributed by atoms with Crippen LogP contribution >= 0.6 is 0 Å². The SMILES string of the molecule is COC(=O)C(C)NC(=O)CCNC(=O)c1cccc([N+](=O)[O-])c1. The third kappa shape index (κ3) is 5.73. The summed E-state index contributed by atoms with van der Waals surface area (Å²) in [4.78, 5) is 44.6. The Kier molecular flexibility index (Phi) is 6.66. The Balaban J connectivity index is 2.45. The van der Waals surface area contributed by atoms with Gasteiger partial charge in [0, 0.05) is 30.7 Å². The topological polar surface area (TPSA) is 128 Å². The van der Waals surface area contributed by atoms with Gasteiger partial charge in [-0.25, -0.2) is 4.79 Å². The summed E-state index contributed by atoms with van der Waals surface area (Å²) in [5.41, 5.74) is -0.0650. The average molecular weight is 323 g/mol. The van der Waals surface area contributed by atoms with Crippen molar-refractivity contribution in [1.29, 1.82) is 0 Å². The third-order valence-electron chi connectivity index (χ3n) is 2.89. The number of nitro benzene ring substituents is 1. The molecule has 1 rings (SSSR count). The summed E-state index contributed by atoms with van der Waals surface area (Å²) in [6.45, 7) is 1.51. The van der Waals surface area contributed by atoms with Crippen LogP contribution in [-0.4, -0.2) is 42.4 Å². The highest BCUT2D eigenvalue weighted by molar-refractivity contribution is 5.95. The number of carbonyl (C=O) groups excluding carboxylic acids is 3. The highest BCUT2D eigenvalue weighted by atomic mass is 16.6. The van der Waals surface area contributed by atoms with Gasteiger partial charge in [-0.15, -0.1) is 0 Å². The van der Waals surface area contributed by atoms with E-state index in [4.69, 9.17) is 0 Å². The van der Waals surface area contributed by atoms with Gasteiger partial charge >= 0.3 is 5.97 Å². The van der Waals surface area contributed by atoms with E-state index in [1.807, 2.05) is 0 Å². The second-order valence-corrected chi connectivity index (χ2v) is 4.63. The molecule has 0 fully saturated rings. The van der Waals surface area contributed by atoms with Crippen molar-refractivity contribution in [2.45, 2.75) is 19.4 Å². The van der Waals surface area contributed by atoms with Gasteiger partial charge in [-0.2, -0.15) is 0 Å². The number of amides is 2. The van der Waals surface area contributed by atoms with Crippen molar-refractivity contribution in [2.24, 2.45) is 0 Å².